The fourth-order valence-corrected chi connectivity index (χ4v) is 5.53. The standard InChI is InChI=1S/C22H23ClN2O3S/c23-16-5-6-20-18(15-16)25(17-3-1-2-4-19(17)29-20)10-7-21(26)24-11-8-22(9-12-24)27-13-14-28-22/h1-6,15H,7-14H2. The van der Waals surface area contributed by atoms with Crippen LogP contribution >= 0.6 is 23.4 Å². The molecule has 2 fully saturated rings. The number of carbonyl (C=O) groups is 1. The van der Waals surface area contributed by atoms with Crippen molar-refractivity contribution in [1.82, 2.24) is 4.90 Å². The van der Waals surface area contributed by atoms with Gasteiger partial charge in [0.1, 0.15) is 0 Å². The van der Waals surface area contributed by atoms with Gasteiger partial charge in [-0.3, -0.25) is 4.79 Å². The Morgan fingerprint density at radius 2 is 1.76 bits per heavy atom. The molecule has 0 bridgehead atoms. The van der Waals surface area contributed by atoms with Gasteiger partial charge in [-0.25, -0.2) is 0 Å². The van der Waals surface area contributed by atoms with Gasteiger partial charge in [0.25, 0.3) is 0 Å². The van der Waals surface area contributed by atoms with Crippen molar-refractivity contribution in [2.24, 2.45) is 0 Å². The Kier molecular flexibility index (Phi) is 5.20. The Labute approximate surface area is 179 Å². The second-order valence-corrected chi connectivity index (χ2v) is 9.09. The third kappa shape index (κ3) is 3.75. The van der Waals surface area contributed by atoms with E-state index in [2.05, 4.69) is 23.1 Å². The maximum absolute atomic E-state index is 12.9. The molecule has 0 radical (unpaired) electrons. The van der Waals surface area contributed by atoms with Gasteiger partial charge in [-0.05, 0) is 30.3 Å². The molecule has 1 amide bonds. The van der Waals surface area contributed by atoms with Gasteiger partial charge >= 0.3 is 0 Å². The van der Waals surface area contributed by atoms with Crippen molar-refractivity contribution in [1.29, 1.82) is 0 Å². The molecular formula is C22H23ClN2O3S. The normalized spacial score (nSPS) is 19.9. The molecule has 5 rings (SSSR count). The van der Waals surface area contributed by atoms with E-state index >= 15 is 0 Å². The Hall–Kier alpha value is -1.73. The smallest absolute Gasteiger partial charge is 0.224 e. The summed E-state index contributed by atoms with van der Waals surface area (Å²) in [4.78, 5) is 19.4. The summed E-state index contributed by atoms with van der Waals surface area (Å²) in [5.41, 5.74) is 2.20. The maximum Gasteiger partial charge on any atom is 0.224 e. The molecular weight excluding hydrogens is 408 g/mol. The van der Waals surface area contributed by atoms with Crippen molar-refractivity contribution in [3.05, 3.63) is 47.5 Å². The van der Waals surface area contributed by atoms with Crippen molar-refractivity contribution < 1.29 is 14.3 Å². The number of carbonyl (C=O) groups excluding carboxylic acids is 1. The monoisotopic (exact) mass is 430 g/mol. The number of amides is 1. The van der Waals surface area contributed by atoms with Crippen molar-refractivity contribution in [2.75, 3.05) is 37.7 Å². The predicted molar refractivity (Wildman–Crippen MR) is 114 cm³/mol. The third-order valence-electron chi connectivity index (χ3n) is 5.83. The largest absolute Gasteiger partial charge is 0.347 e. The molecule has 0 saturated carbocycles. The highest BCUT2D eigenvalue weighted by molar-refractivity contribution is 7.99. The number of likely N-dealkylation sites (tertiary alicyclic amines) is 1. The SMILES string of the molecule is O=C(CCN1c2ccccc2Sc2ccc(Cl)cc21)N1CCC2(CC1)OCCO2. The zero-order valence-electron chi connectivity index (χ0n) is 16.1. The first kappa shape index (κ1) is 19.2. The maximum atomic E-state index is 12.9. The Morgan fingerprint density at radius 3 is 2.55 bits per heavy atom. The lowest BCUT2D eigenvalue weighted by Crippen LogP contribution is -2.47. The molecule has 0 unspecified atom stereocenters. The molecule has 3 heterocycles. The number of piperidine rings is 1. The molecule has 3 aliphatic rings. The fourth-order valence-electron chi connectivity index (χ4n) is 4.29. The number of hydrogen-bond acceptors (Lipinski definition) is 5. The number of anilines is 2. The number of halogens is 1. The summed E-state index contributed by atoms with van der Waals surface area (Å²) in [5.74, 6) is -0.271. The number of rotatable bonds is 3. The average Bonchev–Trinajstić information content (AvgIpc) is 3.19. The van der Waals surface area contributed by atoms with Crippen LogP contribution in [0.5, 0.6) is 0 Å². The number of ether oxygens (including phenoxy) is 2. The predicted octanol–water partition coefficient (Wildman–Crippen LogP) is 4.70. The molecule has 0 aromatic heterocycles. The first-order valence-electron chi connectivity index (χ1n) is 10.0. The highest BCUT2D eigenvalue weighted by Gasteiger charge is 2.40. The van der Waals surface area contributed by atoms with Crippen LogP contribution < -0.4 is 4.90 Å². The van der Waals surface area contributed by atoms with E-state index in [0.717, 1.165) is 29.1 Å². The summed E-state index contributed by atoms with van der Waals surface area (Å²) in [6, 6.07) is 14.3. The zero-order chi connectivity index (χ0) is 19.8. The average molecular weight is 431 g/mol. The van der Waals surface area contributed by atoms with Gasteiger partial charge in [-0.2, -0.15) is 0 Å². The number of hydrogen-bond donors (Lipinski definition) is 0. The topological polar surface area (TPSA) is 42.0 Å². The van der Waals surface area contributed by atoms with Gasteiger partial charge in [0.05, 0.1) is 24.6 Å². The number of fused-ring (bicyclic) bond motifs is 2. The molecule has 29 heavy (non-hydrogen) atoms. The quantitative estimate of drug-likeness (QED) is 0.706. The van der Waals surface area contributed by atoms with Crippen LogP contribution in [0.1, 0.15) is 19.3 Å². The van der Waals surface area contributed by atoms with Crippen LogP contribution in [0, 0.1) is 0 Å². The number of nitrogens with zero attached hydrogens (tertiary/aromatic N) is 2. The molecule has 3 aliphatic heterocycles. The van der Waals surface area contributed by atoms with E-state index in [1.807, 2.05) is 29.2 Å². The van der Waals surface area contributed by atoms with Crippen molar-refractivity contribution in [2.45, 2.75) is 34.8 Å². The van der Waals surface area contributed by atoms with Crippen LogP contribution in [0.15, 0.2) is 52.3 Å². The fraction of sp³-hybridized carbons (Fsp3) is 0.409. The molecule has 152 valence electrons. The van der Waals surface area contributed by atoms with E-state index in [1.165, 1.54) is 4.90 Å². The van der Waals surface area contributed by atoms with Crippen LogP contribution in [0.25, 0.3) is 0 Å². The lowest BCUT2D eigenvalue weighted by atomic mass is 10.0. The van der Waals surface area contributed by atoms with Gasteiger partial charge in [0, 0.05) is 53.7 Å². The van der Waals surface area contributed by atoms with Crippen molar-refractivity contribution in [3.8, 4) is 0 Å². The first-order chi connectivity index (χ1) is 14.1. The number of benzene rings is 2. The summed E-state index contributed by atoms with van der Waals surface area (Å²) >= 11 is 8.02. The molecule has 2 aromatic carbocycles. The summed E-state index contributed by atoms with van der Waals surface area (Å²) < 4.78 is 11.5. The minimum Gasteiger partial charge on any atom is -0.347 e. The Morgan fingerprint density at radius 1 is 1.03 bits per heavy atom. The van der Waals surface area contributed by atoms with Crippen molar-refractivity contribution >= 4 is 40.6 Å². The molecule has 0 aliphatic carbocycles. The van der Waals surface area contributed by atoms with Crippen LogP contribution in [0.2, 0.25) is 5.02 Å². The molecule has 5 nitrogen and oxygen atoms in total. The van der Waals surface area contributed by atoms with Gasteiger partial charge < -0.3 is 19.3 Å². The minimum atomic E-state index is -0.449. The second-order valence-electron chi connectivity index (χ2n) is 7.57. The van der Waals surface area contributed by atoms with E-state index in [1.54, 1.807) is 11.8 Å². The van der Waals surface area contributed by atoms with E-state index in [4.69, 9.17) is 21.1 Å². The summed E-state index contributed by atoms with van der Waals surface area (Å²) in [5, 5.41) is 0.706. The van der Waals surface area contributed by atoms with E-state index in [9.17, 15) is 4.79 Å². The van der Waals surface area contributed by atoms with Crippen LogP contribution in [-0.2, 0) is 14.3 Å². The van der Waals surface area contributed by atoms with Gasteiger partial charge in [-0.1, -0.05) is 35.5 Å². The Balaban J connectivity index is 1.29. The van der Waals surface area contributed by atoms with Crippen LogP contribution in [-0.4, -0.2) is 49.4 Å². The van der Waals surface area contributed by atoms with E-state index in [0.29, 0.717) is 44.3 Å². The van der Waals surface area contributed by atoms with Gasteiger partial charge in [0.15, 0.2) is 5.79 Å². The van der Waals surface area contributed by atoms with Gasteiger partial charge in [-0.15, -0.1) is 0 Å². The molecule has 7 heteroatoms. The molecule has 0 atom stereocenters. The van der Waals surface area contributed by atoms with Gasteiger partial charge in [0.2, 0.25) is 5.91 Å². The molecule has 2 saturated heterocycles. The third-order valence-corrected chi connectivity index (χ3v) is 7.19. The summed E-state index contributed by atoms with van der Waals surface area (Å²) in [6.07, 6.45) is 1.96. The minimum absolute atomic E-state index is 0.178. The lowest BCUT2D eigenvalue weighted by Gasteiger charge is -2.38. The van der Waals surface area contributed by atoms with E-state index in [-0.39, 0.29) is 5.91 Å². The lowest BCUT2D eigenvalue weighted by molar-refractivity contribution is -0.187. The molecule has 0 N–H and O–H groups in total. The molecule has 2 aromatic rings. The Bertz CT molecular complexity index is 922. The molecule has 1 spiro atoms. The number of para-hydroxylation sites is 1. The first-order valence-corrected chi connectivity index (χ1v) is 11.2. The summed E-state index contributed by atoms with van der Waals surface area (Å²) in [7, 11) is 0. The van der Waals surface area contributed by atoms with E-state index < -0.39 is 5.79 Å². The zero-order valence-corrected chi connectivity index (χ0v) is 17.7. The van der Waals surface area contributed by atoms with Crippen LogP contribution in [0.3, 0.4) is 0 Å². The van der Waals surface area contributed by atoms with Crippen molar-refractivity contribution in [3.63, 3.8) is 0 Å². The van der Waals surface area contributed by atoms with Crippen LogP contribution in [0.4, 0.5) is 11.4 Å². The second kappa shape index (κ2) is 7.84. The highest BCUT2D eigenvalue weighted by Crippen LogP contribution is 2.48. The summed E-state index contributed by atoms with van der Waals surface area (Å²) in [6.45, 7) is 3.31. The highest BCUT2D eigenvalue weighted by atomic mass is 35.5.